The molecule has 1 N–H and O–H groups in total. The smallest absolute Gasteiger partial charge is 0.124 e. The molecule has 0 radical (unpaired) electrons. The molecule has 2 aromatic carbocycles. The molecule has 2 aromatic rings. The van der Waals surface area contributed by atoms with E-state index < -0.39 is 6.10 Å². The van der Waals surface area contributed by atoms with Gasteiger partial charge in [0.25, 0.3) is 0 Å². The third-order valence-corrected chi connectivity index (χ3v) is 3.24. The highest BCUT2D eigenvalue weighted by molar-refractivity contribution is 9.10. The van der Waals surface area contributed by atoms with Gasteiger partial charge in [0.2, 0.25) is 0 Å². The van der Waals surface area contributed by atoms with E-state index in [-0.39, 0.29) is 11.6 Å². The van der Waals surface area contributed by atoms with Gasteiger partial charge in [0.15, 0.2) is 0 Å². The van der Waals surface area contributed by atoms with E-state index in [1.54, 1.807) is 18.2 Å². The number of halogens is 3. The van der Waals surface area contributed by atoms with Crippen LogP contribution in [0.25, 0.3) is 0 Å². The molecular weight excluding hydrogens is 314 g/mol. The molecule has 0 amide bonds. The lowest BCUT2D eigenvalue weighted by atomic mass is 10.0. The van der Waals surface area contributed by atoms with Gasteiger partial charge in [-0.1, -0.05) is 28.1 Å². The summed E-state index contributed by atoms with van der Waals surface area (Å²) in [7, 11) is 0. The van der Waals surface area contributed by atoms with Crippen LogP contribution in [0.5, 0.6) is 0 Å². The van der Waals surface area contributed by atoms with Gasteiger partial charge < -0.3 is 5.11 Å². The summed E-state index contributed by atoms with van der Waals surface area (Å²) in [5.41, 5.74) is 1.57. The maximum absolute atomic E-state index is 13.2. The molecule has 0 spiro atoms. The first kappa shape index (κ1) is 14.2. The van der Waals surface area contributed by atoms with Crippen molar-refractivity contribution in [3.63, 3.8) is 0 Å². The van der Waals surface area contributed by atoms with E-state index >= 15 is 0 Å². The molecule has 1 atom stereocenters. The van der Waals surface area contributed by atoms with Crippen molar-refractivity contribution in [1.29, 1.82) is 0 Å². The van der Waals surface area contributed by atoms with Crippen LogP contribution in [0.15, 0.2) is 46.9 Å². The second-order valence-corrected chi connectivity index (χ2v) is 5.38. The van der Waals surface area contributed by atoms with Crippen molar-refractivity contribution in [3.8, 4) is 0 Å². The summed E-state index contributed by atoms with van der Waals surface area (Å²) in [6, 6.07) is 10.5. The molecule has 0 aliphatic heterocycles. The quantitative estimate of drug-likeness (QED) is 0.904. The number of aliphatic hydroxyl groups is 1. The Morgan fingerprint density at radius 3 is 2.16 bits per heavy atom. The van der Waals surface area contributed by atoms with Gasteiger partial charge in [0.1, 0.15) is 11.6 Å². The lowest BCUT2D eigenvalue weighted by molar-refractivity contribution is 0.175. The minimum atomic E-state index is -0.626. The molecule has 0 saturated carbocycles. The van der Waals surface area contributed by atoms with Gasteiger partial charge >= 0.3 is 0 Å². The van der Waals surface area contributed by atoms with Gasteiger partial charge in [-0.25, -0.2) is 8.78 Å². The fourth-order valence-electron chi connectivity index (χ4n) is 1.97. The van der Waals surface area contributed by atoms with E-state index in [0.29, 0.717) is 17.3 Å². The Kier molecular flexibility index (Phi) is 4.66. The molecule has 1 nitrogen and oxygen atoms in total. The first-order valence-electron chi connectivity index (χ1n) is 5.90. The van der Waals surface area contributed by atoms with Crippen LogP contribution in [-0.2, 0) is 12.8 Å². The summed E-state index contributed by atoms with van der Waals surface area (Å²) in [6.45, 7) is 0. The third kappa shape index (κ3) is 4.40. The predicted molar refractivity (Wildman–Crippen MR) is 73.9 cm³/mol. The van der Waals surface area contributed by atoms with Crippen molar-refractivity contribution < 1.29 is 13.9 Å². The molecule has 0 saturated heterocycles. The van der Waals surface area contributed by atoms with Gasteiger partial charge in [0.05, 0.1) is 6.10 Å². The number of benzene rings is 2. The summed E-state index contributed by atoms with van der Waals surface area (Å²) in [6.07, 6.45) is 0.140. The van der Waals surface area contributed by atoms with E-state index in [2.05, 4.69) is 15.9 Å². The van der Waals surface area contributed by atoms with E-state index in [1.165, 1.54) is 24.3 Å². The van der Waals surface area contributed by atoms with Crippen LogP contribution in [0.1, 0.15) is 11.1 Å². The minimum Gasteiger partial charge on any atom is -0.392 e. The second-order valence-electron chi connectivity index (χ2n) is 4.47. The maximum Gasteiger partial charge on any atom is 0.124 e. The molecule has 0 aromatic heterocycles. The predicted octanol–water partition coefficient (Wildman–Crippen LogP) is 3.87. The van der Waals surface area contributed by atoms with Gasteiger partial charge in [0, 0.05) is 4.47 Å². The van der Waals surface area contributed by atoms with Crippen LogP contribution in [0.3, 0.4) is 0 Å². The lowest BCUT2D eigenvalue weighted by Crippen LogP contribution is -2.14. The molecule has 4 heteroatoms. The molecule has 0 fully saturated rings. The van der Waals surface area contributed by atoms with Crippen molar-refractivity contribution in [2.45, 2.75) is 18.9 Å². The SMILES string of the molecule is OC(Cc1ccc(F)cc1)Cc1cc(F)cc(Br)c1. The Labute approximate surface area is 119 Å². The fraction of sp³-hybridized carbons (Fsp3) is 0.200. The first-order valence-corrected chi connectivity index (χ1v) is 6.70. The summed E-state index contributed by atoms with van der Waals surface area (Å²) in [4.78, 5) is 0. The highest BCUT2D eigenvalue weighted by Crippen LogP contribution is 2.17. The van der Waals surface area contributed by atoms with Crippen molar-refractivity contribution in [1.82, 2.24) is 0 Å². The molecule has 0 heterocycles. The molecule has 19 heavy (non-hydrogen) atoms. The molecule has 0 aliphatic rings. The standard InChI is InChI=1S/C15H13BrF2O/c16-12-5-11(6-14(18)9-12)8-15(19)7-10-1-3-13(17)4-2-10/h1-6,9,15,19H,7-8H2. The van der Waals surface area contributed by atoms with E-state index in [4.69, 9.17) is 0 Å². The zero-order valence-electron chi connectivity index (χ0n) is 10.1. The topological polar surface area (TPSA) is 20.2 Å². The van der Waals surface area contributed by atoms with Crippen LogP contribution >= 0.6 is 15.9 Å². The Balaban J connectivity index is 2.00. The molecule has 0 aliphatic carbocycles. The normalized spacial score (nSPS) is 12.4. The Hall–Kier alpha value is -1.26. The van der Waals surface area contributed by atoms with E-state index in [0.717, 1.165) is 11.1 Å². The lowest BCUT2D eigenvalue weighted by Gasteiger charge is -2.11. The number of aliphatic hydroxyl groups excluding tert-OH is 1. The maximum atomic E-state index is 13.2. The van der Waals surface area contributed by atoms with Gasteiger partial charge in [-0.2, -0.15) is 0 Å². The van der Waals surface area contributed by atoms with Crippen LogP contribution in [0, 0.1) is 11.6 Å². The van der Waals surface area contributed by atoms with E-state index in [1.807, 2.05) is 0 Å². The monoisotopic (exact) mass is 326 g/mol. The van der Waals surface area contributed by atoms with Crippen molar-refractivity contribution in [2.24, 2.45) is 0 Å². The van der Waals surface area contributed by atoms with Crippen molar-refractivity contribution in [3.05, 3.63) is 69.7 Å². The van der Waals surface area contributed by atoms with Crippen molar-refractivity contribution >= 4 is 15.9 Å². The summed E-state index contributed by atoms with van der Waals surface area (Å²) in [5, 5.41) is 9.98. The van der Waals surface area contributed by atoms with Crippen LogP contribution in [0.4, 0.5) is 8.78 Å². The average Bonchev–Trinajstić information content (AvgIpc) is 2.30. The van der Waals surface area contributed by atoms with Crippen LogP contribution in [0.2, 0.25) is 0 Å². The summed E-state index contributed by atoms with van der Waals surface area (Å²) < 4.78 is 26.6. The fourth-order valence-corrected chi connectivity index (χ4v) is 2.48. The van der Waals surface area contributed by atoms with Gasteiger partial charge in [-0.3, -0.25) is 0 Å². The molecular formula is C15H13BrF2O. The molecule has 100 valence electrons. The van der Waals surface area contributed by atoms with Gasteiger partial charge in [-0.15, -0.1) is 0 Å². The summed E-state index contributed by atoms with van der Waals surface area (Å²) in [5.74, 6) is -0.634. The number of hydrogen-bond donors (Lipinski definition) is 1. The zero-order valence-corrected chi connectivity index (χ0v) is 11.7. The highest BCUT2D eigenvalue weighted by atomic mass is 79.9. The molecule has 0 bridgehead atoms. The Morgan fingerprint density at radius 1 is 0.895 bits per heavy atom. The van der Waals surface area contributed by atoms with Crippen molar-refractivity contribution in [2.75, 3.05) is 0 Å². The Morgan fingerprint density at radius 2 is 1.53 bits per heavy atom. The molecule has 1 unspecified atom stereocenters. The summed E-state index contributed by atoms with van der Waals surface area (Å²) >= 11 is 3.21. The largest absolute Gasteiger partial charge is 0.392 e. The highest BCUT2D eigenvalue weighted by Gasteiger charge is 2.09. The first-order chi connectivity index (χ1) is 9.02. The minimum absolute atomic E-state index is 0.299. The van der Waals surface area contributed by atoms with Crippen LogP contribution < -0.4 is 0 Å². The zero-order chi connectivity index (χ0) is 13.8. The number of hydrogen-bond acceptors (Lipinski definition) is 1. The van der Waals surface area contributed by atoms with E-state index in [9.17, 15) is 13.9 Å². The molecule has 2 rings (SSSR count). The average molecular weight is 327 g/mol. The number of rotatable bonds is 4. The van der Waals surface area contributed by atoms with Crippen LogP contribution in [-0.4, -0.2) is 11.2 Å². The second kappa shape index (κ2) is 6.26. The Bertz CT molecular complexity index is 534. The third-order valence-electron chi connectivity index (χ3n) is 2.78. The van der Waals surface area contributed by atoms with Gasteiger partial charge in [-0.05, 0) is 54.3 Å².